The van der Waals surface area contributed by atoms with Gasteiger partial charge in [-0.2, -0.15) is 0 Å². The van der Waals surface area contributed by atoms with E-state index in [1.807, 2.05) is 23.1 Å². The lowest BCUT2D eigenvalue weighted by Crippen LogP contribution is -2.40. The number of likely N-dealkylation sites (tertiary alicyclic amines) is 1. The van der Waals surface area contributed by atoms with Crippen LogP contribution in [0.5, 0.6) is 5.75 Å². The summed E-state index contributed by atoms with van der Waals surface area (Å²) in [7, 11) is 0. The molecule has 1 heterocycles. The van der Waals surface area contributed by atoms with Gasteiger partial charge >= 0.3 is 0 Å². The van der Waals surface area contributed by atoms with Crippen molar-refractivity contribution in [2.45, 2.75) is 19.8 Å². The van der Waals surface area contributed by atoms with Crippen molar-refractivity contribution in [1.82, 2.24) is 4.90 Å². The molecule has 1 aliphatic heterocycles. The third kappa shape index (κ3) is 4.47. The van der Waals surface area contributed by atoms with Crippen LogP contribution >= 0.6 is 0 Å². The van der Waals surface area contributed by atoms with Gasteiger partial charge < -0.3 is 9.64 Å². The molecule has 1 amide bonds. The van der Waals surface area contributed by atoms with Crippen LogP contribution < -0.4 is 4.74 Å². The van der Waals surface area contributed by atoms with Crippen molar-refractivity contribution in [2.24, 2.45) is 5.92 Å². The molecule has 1 saturated heterocycles. The van der Waals surface area contributed by atoms with Crippen LogP contribution in [0.15, 0.2) is 54.6 Å². The summed E-state index contributed by atoms with van der Waals surface area (Å²) in [6, 6.07) is 16.1. The Kier molecular flexibility index (Phi) is 5.49. The first-order valence-corrected chi connectivity index (χ1v) is 8.74. The van der Waals surface area contributed by atoms with Gasteiger partial charge in [-0.05, 0) is 43.0 Å². The zero-order valence-electron chi connectivity index (χ0n) is 14.5. The van der Waals surface area contributed by atoms with Gasteiger partial charge in [0.15, 0.2) is 12.4 Å². The predicted octanol–water partition coefficient (Wildman–Crippen LogP) is 3.55. The third-order valence-electron chi connectivity index (χ3n) is 4.65. The maximum absolute atomic E-state index is 12.4. The molecule has 3 rings (SSSR count). The van der Waals surface area contributed by atoms with Gasteiger partial charge in [-0.3, -0.25) is 9.59 Å². The third-order valence-corrected chi connectivity index (χ3v) is 4.65. The lowest BCUT2D eigenvalue weighted by atomic mass is 9.99. The first kappa shape index (κ1) is 17.2. The summed E-state index contributed by atoms with van der Waals surface area (Å²) in [5.74, 6) is 1.30. The van der Waals surface area contributed by atoms with Crippen molar-refractivity contribution in [3.05, 3.63) is 65.7 Å². The molecule has 4 heteroatoms. The molecule has 130 valence electrons. The van der Waals surface area contributed by atoms with Crippen LogP contribution in [0.2, 0.25) is 0 Å². The average Bonchev–Trinajstić information content (AvgIpc) is 2.67. The highest BCUT2D eigenvalue weighted by molar-refractivity contribution is 6.08. The quantitative estimate of drug-likeness (QED) is 0.784. The first-order chi connectivity index (χ1) is 12.1. The molecule has 0 saturated carbocycles. The summed E-state index contributed by atoms with van der Waals surface area (Å²) >= 11 is 0. The van der Waals surface area contributed by atoms with Gasteiger partial charge in [0.25, 0.3) is 5.91 Å². The van der Waals surface area contributed by atoms with E-state index in [1.165, 1.54) is 0 Å². The van der Waals surface area contributed by atoms with Crippen molar-refractivity contribution in [2.75, 3.05) is 19.7 Å². The molecule has 1 fully saturated rings. The topological polar surface area (TPSA) is 46.6 Å². The Hall–Kier alpha value is -2.62. The number of ether oxygens (including phenoxy) is 1. The summed E-state index contributed by atoms with van der Waals surface area (Å²) in [6.45, 7) is 3.89. The number of ketones is 1. The zero-order valence-corrected chi connectivity index (χ0v) is 14.5. The van der Waals surface area contributed by atoms with Crippen molar-refractivity contribution in [1.29, 1.82) is 0 Å². The number of carbonyl (C=O) groups is 2. The van der Waals surface area contributed by atoms with E-state index < -0.39 is 0 Å². The number of carbonyl (C=O) groups excluding carboxylic acids is 2. The highest BCUT2D eigenvalue weighted by Crippen LogP contribution is 2.18. The first-order valence-electron chi connectivity index (χ1n) is 8.74. The molecule has 4 nitrogen and oxygen atoms in total. The van der Waals surface area contributed by atoms with Crippen LogP contribution in [0.25, 0.3) is 0 Å². The van der Waals surface area contributed by atoms with Crippen molar-refractivity contribution >= 4 is 11.7 Å². The van der Waals surface area contributed by atoms with Gasteiger partial charge in [0.2, 0.25) is 0 Å². The molecule has 0 N–H and O–H groups in total. The van der Waals surface area contributed by atoms with E-state index in [-0.39, 0.29) is 18.3 Å². The second-order valence-electron chi connectivity index (χ2n) is 6.57. The Morgan fingerprint density at radius 3 is 2.20 bits per heavy atom. The van der Waals surface area contributed by atoms with Crippen LogP contribution in [0.4, 0.5) is 0 Å². The van der Waals surface area contributed by atoms with Crippen molar-refractivity contribution in [3.63, 3.8) is 0 Å². The Bertz CT molecular complexity index is 717. The molecule has 0 spiro atoms. The van der Waals surface area contributed by atoms with E-state index in [4.69, 9.17) is 4.74 Å². The van der Waals surface area contributed by atoms with Gasteiger partial charge in [-0.1, -0.05) is 37.3 Å². The second-order valence-corrected chi connectivity index (χ2v) is 6.57. The van der Waals surface area contributed by atoms with Crippen LogP contribution in [-0.4, -0.2) is 36.3 Å². The van der Waals surface area contributed by atoms with Crippen LogP contribution in [0, 0.1) is 5.92 Å². The number of amides is 1. The number of benzene rings is 2. The smallest absolute Gasteiger partial charge is 0.260 e. The summed E-state index contributed by atoms with van der Waals surface area (Å²) in [6.07, 6.45) is 2.12. The SMILES string of the molecule is CC1CCN(C(=O)COc2ccc(C(=O)c3ccccc3)cc2)CC1. The monoisotopic (exact) mass is 337 g/mol. The van der Waals surface area contributed by atoms with Gasteiger partial charge in [0, 0.05) is 24.2 Å². The second kappa shape index (κ2) is 7.97. The van der Waals surface area contributed by atoms with Gasteiger partial charge in [0.1, 0.15) is 5.75 Å². The van der Waals surface area contributed by atoms with E-state index in [1.54, 1.807) is 36.4 Å². The fourth-order valence-electron chi connectivity index (χ4n) is 2.95. The molecule has 0 bridgehead atoms. The summed E-state index contributed by atoms with van der Waals surface area (Å²) in [5, 5.41) is 0. The average molecular weight is 337 g/mol. The van der Waals surface area contributed by atoms with E-state index in [9.17, 15) is 9.59 Å². The van der Waals surface area contributed by atoms with E-state index >= 15 is 0 Å². The van der Waals surface area contributed by atoms with Crippen molar-refractivity contribution < 1.29 is 14.3 Å². The number of hydrogen-bond acceptors (Lipinski definition) is 3. The molecule has 2 aromatic carbocycles. The normalized spacial score (nSPS) is 15.0. The fraction of sp³-hybridized carbons (Fsp3) is 0.333. The minimum Gasteiger partial charge on any atom is -0.484 e. The lowest BCUT2D eigenvalue weighted by molar-refractivity contribution is -0.134. The molecule has 1 aliphatic rings. The Morgan fingerprint density at radius 1 is 0.960 bits per heavy atom. The zero-order chi connectivity index (χ0) is 17.6. The van der Waals surface area contributed by atoms with Crippen LogP contribution in [0.1, 0.15) is 35.7 Å². The van der Waals surface area contributed by atoms with E-state index in [0.717, 1.165) is 25.9 Å². The standard InChI is InChI=1S/C21H23NO3/c1-16-11-13-22(14-12-16)20(23)15-25-19-9-7-18(8-10-19)21(24)17-5-3-2-4-6-17/h2-10,16H,11-15H2,1H3. The minimum atomic E-state index is -0.0225. The Balaban J connectivity index is 1.54. The minimum absolute atomic E-state index is 0.0225. The molecule has 0 atom stereocenters. The van der Waals surface area contributed by atoms with E-state index in [0.29, 0.717) is 22.8 Å². The van der Waals surface area contributed by atoms with Crippen molar-refractivity contribution in [3.8, 4) is 5.75 Å². The Morgan fingerprint density at radius 2 is 1.56 bits per heavy atom. The highest BCUT2D eigenvalue weighted by Gasteiger charge is 2.20. The number of hydrogen-bond donors (Lipinski definition) is 0. The highest BCUT2D eigenvalue weighted by atomic mass is 16.5. The number of piperidine rings is 1. The lowest BCUT2D eigenvalue weighted by Gasteiger charge is -2.30. The maximum Gasteiger partial charge on any atom is 0.260 e. The largest absolute Gasteiger partial charge is 0.484 e. The molecule has 0 radical (unpaired) electrons. The number of nitrogens with zero attached hydrogens (tertiary/aromatic N) is 1. The molecular formula is C21H23NO3. The molecular weight excluding hydrogens is 314 g/mol. The molecule has 0 unspecified atom stereocenters. The fourth-order valence-corrected chi connectivity index (χ4v) is 2.95. The predicted molar refractivity (Wildman–Crippen MR) is 96.8 cm³/mol. The molecule has 0 aromatic heterocycles. The molecule has 25 heavy (non-hydrogen) atoms. The van der Waals surface area contributed by atoms with Gasteiger partial charge in [0.05, 0.1) is 0 Å². The van der Waals surface area contributed by atoms with E-state index in [2.05, 4.69) is 6.92 Å². The van der Waals surface area contributed by atoms with Crippen LogP contribution in [-0.2, 0) is 4.79 Å². The Labute approximate surface area is 148 Å². The molecule has 2 aromatic rings. The summed E-state index contributed by atoms with van der Waals surface area (Å²) in [5.41, 5.74) is 1.26. The molecule has 0 aliphatic carbocycles. The summed E-state index contributed by atoms with van der Waals surface area (Å²) in [4.78, 5) is 26.4. The van der Waals surface area contributed by atoms with Gasteiger partial charge in [-0.25, -0.2) is 0 Å². The van der Waals surface area contributed by atoms with Crippen LogP contribution in [0.3, 0.4) is 0 Å². The van der Waals surface area contributed by atoms with Gasteiger partial charge in [-0.15, -0.1) is 0 Å². The summed E-state index contributed by atoms with van der Waals surface area (Å²) < 4.78 is 5.59. The maximum atomic E-state index is 12.4. The number of rotatable bonds is 5.